The first-order chi connectivity index (χ1) is 12.5. The molecule has 130 valence electrons. The number of aromatic nitrogens is 4. The Bertz CT molecular complexity index is 1170. The van der Waals surface area contributed by atoms with Crippen LogP contribution < -0.4 is 5.43 Å². The summed E-state index contributed by atoms with van der Waals surface area (Å²) >= 11 is 3.46. The molecule has 0 aliphatic heterocycles. The van der Waals surface area contributed by atoms with Crippen LogP contribution >= 0.6 is 15.9 Å². The molecule has 26 heavy (non-hydrogen) atoms. The maximum Gasteiger partial charge on any atom is 0.265 e. The Morgan fingerprint density at radius 2 is 1.96 bits per heavy atom. The summed E-state index contributed by atoms with van der Waals surface area (Å²) in [6.07, 6.45) is 1.48. The molecule has 2 aromatic heterocycles. The zero-order valence-electron chi connectivity index (χ0n) is 13.5. The van der Waals surface area contributed by atoms with Gasteiger partial charge in [0.05, 0.1) is 11.7 Å². The number of rotatable bonds is 3. The van der Waals surface area contributed by atoms with Crippen LogP contribution in [-0.2, 0) is 7.05 Å². The molecular formula is C17H13BrN6O2. The molecule has 2 aromatic carbocycles. The summed E-state index contributed by atoms with van der Waals surface area (Å²) in [5, 5.41) is 32.1. The number of anilines is 1. The van der Waals surface area contributed by atoms with Gasteiger partial charge in [-0.25, -0.2) is 5.43 Å². The van der Waals surface area contributed by atoms with Gasteiger partial charge in [0.2, 0.25) is 0 Å². The second-order valence-electron chi connectivity index (χ2n) is 5.65. The fraction of sp³-hybridized carbons (Fsp3) is 0.0588. The number of nitrogens with one attached hydrogen (secondary N) is 1. The largest absolute Gasteiger partial charge is 0.504 e. The second kappa shape index (κ2) is 6.26. The van der Waals surface area contributed by atoms with E-state index in [1.807, 2.05) is 29.8 Å². The molecule has 0 fully saturated rings. The Morgan fingerprint density at radius 1 is 1.12 bits per heavy atom. The van der Waals surface area contributed by atoms with E-state index in [2.05, 4.69) is 41.6 Å². The fourth-order valence-corrected chi connectivity index (χ4v) is 3.02. The maximum atomic E-state index is 9.48. The van der Waals surface area contributed by atoms with Crippen molar-refractivity contribution < 1.29 is 10.2 Å². The van der Waals surface area contributed by atoms with Gasteiger partial charge in [0.15, 0.2) is 17.1 Å². The standard InChI is InChI=1S/C17H13BrN6O2/c1-24-12-4-3-10(18)7-11(12)15-16(24)20-17(23-21-15)22-19-8-9-2-5-13(25)14(26)6-9/h2-8,25-26H,1H3,(H,20,22,23). The first-order valence-electron chi connectivity index (χ1n) is 7.62. The van der Waals surface area contributed by atoms with Crippen molar-refractivity contribution >= 4 is 50.2 Å². The number of halogens is 1. The van der Waals surface area contributed by atoms with E-state index in [-0.39, 0.29) is 17.4 Å². The zero-order chi connectivity index (χ0) is 18.3. The number of nitrogens with zero attached hydrogens (tertiary/aromatic N) is 5. The minimum atomic E-state index is -0.213. The highest BCUT2D eigenvalue weighted by Crippen LogP contribution is 2.28. The van der Waals surface area contributed by atoms with Crippen molar-refractivity contribution in [3.8, 4) is 11.5 Å². The minimum Gasteiger partial charge on any atom is -0.504 e. The molecule has 0 spiro atoms. The summed E-state index contributed by atoms with van der Waals surface area (Å²) < 4.78 is 2.90. The van der Waals surface area contributed by atoms with Crippen LogP contribution in [-0.4, -0.2) is 36.2 Å². The number of fused-ring (bicyclic) bond motifs is 3. The van der Waals surface area contributed by atoms with E-state index in [1.54, 1.807) is 6.07 Å². The van der Waals surface area contributed by atoms with E-state index in [0.29, 0.717) is 16.7 Å². The molecule has 0 amide bonds. The lowest BCUT2D eigenvalue weighted by Gasteiger charge is -2.00. The molecule has 0 bridgehead atoms. The Balaban J connectivity index is 1.65. The van der Waals surface area contributed by atoms with Crippen molar-refractivity contribution in [3.63, 3.8) is 0 Å². The van der Waals surface area contributed by atoms with Crippen LogP contribution in [0.3, 0.4) is 0 Å². The topological polar surface area (TPSA) is 108 Å². The van der Waals surface area contributed by atoms with Crippen LogP contribution in [0.2, 0.25) is 0 Å². The average molecular weight is 413 g/mol. The first kappa shape index (κ1) is 16.3. The highest BCUT2D eigenvalue weighted by molar-refractivity contribution is 9.10. The normalized spacial score (nSPS) is 11.6. The lowest BCUT2D eigenvalue weighted by molar-refractivity contribution is 0.403. The molecule has 0 aliphatic rings. The van der Waals surface area contributed by atoms with Gasteiger partial charge in [-0.1, -0.05) is 15.9 Å². The molecule has 3 N–H and O–H groups in total. The molecule has 4 rings (SSSR count). The summed E-state index contributed by atoms with van der Waals surface area (Å²) in [5.74, 6) is -0.146. The Hall–Kier alpha value is -3.20. The molecule has 4 aromatic rings. The third-order valence-corrected chi connectivity index (χ3v) is 4.43. The maximum absolute atomic E-state index is 9.48. The summed E-state index contributed by atoms with van der Waals surface area (Å²) in [7, 11) is 1.92. The molecule has 2 heterocycles. The van der Waals surface area contributed by atoms with Crippen LogP contribution in [0.25, 0.3) is 22.1 Å². The van der Waals surface area contributed by atoms with E-state index < -0.39 is 0 Å². The molecule has 0 atom stereocenters. The van der Waals surface area contributed by atoms with Crippen LogP contribution in [0.1, 0.15) is 5.56 Å². The molecule has 0 saturated heterocycles. The van der Waals surface area contributed by atoms with Crippen molar-refractivity contribution in [3.05, 3.63) is 46.4 Å². The molecule has 8 nitrogen and oxygen atoms in total. The minimum absolute atomic E-state index is 0.185. The highest BCUT2D eigenvalue weighted by Gasteiger charge is 2.12. The predicted molar refractivity (Wildman–Crippen MR) is 102 cm³/mol. The van der Waals surface area contributed by atoms with Crippen LogP contribution in [0.15, 0.2) is 46.0 Å². The Kier molecular flexibility index (Phi) is 3.92. The summed E-state index contributed by atoms with van der Waals surface area (Å²) in [6.45, 7) is 0. The monoisotopic (exact) mass is 412 g/mol. The van der Waals surface area contributed by atoms with Gasteiger partial charge in [0.25, 0.3) is 5.95 Å². The van der Waals surface area contributed by atoms with Gasteiger partial charge >= 0.3 is 0 Å². The van der Waals surface area contributed by atoms with Crippen LogP contribution in [0.4, 0.5) is 5.95 Å². The first-order valence-corrected chi connectivity index (χ1v) is 8.41. The van der Waals surface area contributed by atoms with Crippen molar-refractivity contribution in [2.24, 2.45) is 12.1 Å². The van der Waals surface area contributed by atoms with E-state index in [1.165, 1.54) is 18.3 Å². The van der Waals surface area contributed by atoms with Gasteiger partial charge in [0, 0.05) is 16.9 Å². The quantitative estimate of drug-likeness (QED) is 0.271. The van der Waals surface area contributed by atoms with Crippen LogP contribution in [0.5, 0.6) is 11.5 Å². The van der Waals surface area contributed by atoms with Crippen molar-refractivity contribution in [1.29, 1.82) is 0 Å². The Labute approximate surface area is 155 Å². The lowest BCUT2D eigenvalue weighted by atomic mass is 10.2. The summed E-state index contributed by atoms with van der Waals surface area (Å²) in [5.41, 5.74) is 5.73. The van der Waals surface area contributed by atoms with Gasteiger partial charge in [0.1, 0.15) is 5.52 Å². The summed E-state index contributed by atoms with van der Waals surface area (Å²) in [6, 6.07) is 10.3. The number of aryl methyl sites for hydroxylation is 1. The number of phenolic OH excluding ortho intramolecular Hbond substituents is 2. The van der Waals surface area contributed by atoms with E-state index >= 15 is 0 Å². The molecule has 0 aliphatic carbocycles. The van der Waals surface area contributed by atoms with Crippen molar-refractivity contribution in [2.75, 3.05) is 5.43 Å². The number of hydrogen-bond acceptors (Lipinski definition) is 7. The molecular weight excluding hydrogens is 400 g/mol. The van der Waals surface area contributed by atoms with E-state index in [9.17, 15) is 10.2 Å². The predicted octanol–water partition coefficient (Wildman–Crippen LogP) is 3.14. The molecule has 9 heteroatoms. The second-order valence-corrected chi connectivity index (χ2v) is 6.56. The Morgan fingerprint density at radius 3 is 2.77 bits per heavy atom. The van der Waals surface area contributed by atoms with Gasteiger partial charge in [-0.2, -0.15) is 10.1 Å². The number of benzene rings is 2. The lowest BCUT2D eigenvalue weighted by Crippen LogP contribution is -2.00. The fourth-order valence-electron chi connectivity index (χ4n) is 2.66. The van der Waals surface area contributed by atoms with Gasteiger partial charge in [-0.3, -0.25) is 0 Å². The van der Waals surface area contributed by atoms with Crippen LogP contribution in [0, 0.1) is 0 Å². The number of aromatic hydroxyl groups is 2. The summed E-state index contributed by atoms with van der Waals surface area (Å²) in [4.78, 5) is 4.46. The molecule has 0 radical (unpaired) electrons. The number of phenols is 2. The van der Waals surface area contributed by atoms with Crippen molar-refractivity contribution in [1.82, 2.24) is 19.7 Å². The highest BCUT2D eigenvalue weighted by atomic mass is 79.9. The molecule has 0 unspecified atom stereocenters. The van der Waals surface area contributed by atoms with Gasteiger partial charge in [-0.05, 0) is 42.0 Å². The molecule has 0 saturated carbocycles. The average Bonchev–Trinajstić information content (AvgIpc) is 2.90. The van der Waals surface area contributed by atoms with E-state index in [4.69, 9.17) is 0 Å². The zero-order valence-corrected chi connectivity index (χ0v) is 15.1. The van der Waals surface area contributed by atoms with E-state index in [0.717, 1.165) is 15.4 Å². The van der Waals surface area contributed by atoms with Gasteiger partial charge < -0.3 is 14.8 Å². The number of hydrazone groups is 1. The third-order valence-electron chi connectivity index (χ3n) is 3.94. The van der Waals surface area contributed by atoms with Gasteiger partial charge in [-0.15, -0.1) is 10.2 Å². The third kappa shape index (κ3) is 2.82. The van der Waals surface area contributed by atoms with Crippen molar-refractivity contribution in [2.45, 2.75) is 0 Å². The smallest absolute Gasteiger partial charge is 0.265 e. The SMILES string of the molecule is Cn1c2ccc(Br)cc2c2nnc(NN=Cc3ccc(O)c(O)c3)nc21. The number of hydrogen-bond donors (Lipinski definition) is 3.